The van der Waals surface area contributed by atoms with Gasteiger partial charge in [-0.05, 0) is 45.2 Å². The summed E-state index contributed by atoms with van der Waals surface area (Å²) in [5.74, 6) is 0. The summed E-state index contributed by atoms with van der Waals surface area (Å²) in [5, 5.41) is 0.708. The number of rotatable bonds is 0. The normalized spacial score (nSPS) is 10.2. The number of hydrogen-bond donors (Lipinski definition) is 0. The second kappa shape index (κ2) is 2.91. The minimum Gasteiger partial charge on any atom is -0.313 e. The number of hydrogen-bond acceptors (Lipinski definition) is 1. The quantitative estimate of drug-likeness (QED) is 0.643. The summed E-state index contributed by atoms with van der Waals surface area (Å²) in [6.07, 6.45) is 0. The van der Waals surface area contributed by atoms with Crippen molar-refractivity contribution in [3.05, 3.63) is 12.7 Å². The van der Waals surface area contributed by atoms with E-state index in [-0.39, 0.29) is 0 Å². The van der Waals surface area contributed by atoms with Crippen LogP contribution in [0.1, 0.15) is 0 Å². The van der Waals surface area contributed by atoms with Gasteiger partial charge >= 0.3 is 0 Å². The molecule has 0 amide bonds. The molecule has 50 valence electrons. The zero-order chi connectivity index (χ0) is 7.02. The highest BCUT2D eigenvalue weighted by molar-refractivity contribution is 14.1. The highest BCUT2D eigenvalue weighted by Gasteiger charge is 2.05. The van der Waals surface area contributed by atoms with Gasteiger partial charge < -0.3 is 4.57 Å². The van der Waals surface area contributed by atoms with Crippen molar-refractivity contribution in [1.29, 1.82) is 0 Å². The van der Waals surface area contributed by atoms with Crippen molar-refractivity contribution in [2.45, 2.75) is 0 Å². The number of aromatic nitrogens is 2. The van der Waals surface area contributed by atoms with E-state index in [4.69, 9.17) is 11.6 Å². The van der Waals surface area contributed by atoms with Crippen molar-refractivity contribution < 1.29 is 0 Å². The molecule has 9 heavy (non-hydrogen) atoms. The Kier molecular flexibility index (Phi) is 2.61. The van der Waals surface area contributed by atoms with E-state index in [0.717, 1.165) is 7.53 Å². The molecule has 0 aromatic carbocycles. The van der Waals surface area contributed by atoms with Gasteiger partial charge in [0.05, 0.1) is 0 Å². The van der Waals surface area contributed by atoms with Crippen molar-refractivity contribution in [2.24, 2.45) is 7.05 Å². The molecular formula is C4H3ClI2N2. The molecule has 0 aliphatic rings. The lowest BCUT2D eigenvalue weighted by atomic mass is 10.9. The smallest absolute Gasteiger partial charge is 0.173 e. The summed E-state index contributed by atoms with van der Waals surface area (Å²) in [5.41, 5.74) is 0. The van der Waals surface area contributed by atoms with Gasteiger partial charge in [0, 0.05) is 7.05 Å². The Balaban J connectivity index is 3.29. The Morgan fingerprint density at radius 3 is 2.22 bits per heavy atom. The van der Waals surface area contributed by atoms with Gasteiger partial charge in [0.1, 0.15) is 8.85 Å². The average molecular weight is 368 g/mol. The second-order valence-corrected chi connectivity index (χ2v) is 3.87. The van der Waals surface area contributed by atoms with Gasteiger partial charge in [-0.25, -0.2) is 4.98 Å². The largest absolute Gasteiger partial charge is 0.313 e. The van der Waals surface area contributed by atoms with Gasteiger partial charge in [0.15, 0.2) is 3.83 Å². The van der Waals surface area contributed by atoms with E-state index in [9.17, 15) is 0 Å². The SMILES string of the molecule is Cn1c(I)nc(I)c1Cl. The van der Waals surface area contributed by atoms with E-state index >= 15 is 0 Å². The fourth-order valence-corrected chi connectivity index (χ4v) is 2.22. The van der Waals surface area contributed by atoms with Crippen LogP contribution < -0.4 is 0 Å². The summed E-state index contributed by atoms with van der Waals surface area (Å²) in [4.78, 5) is 4.11. The Morgan fingerprint density at radius 2 is 2.11 bits per heavy atom. The molecule has 0 radical (unpaired) electrons. The molecule has 0 N–H and O–H groups in total. The fourth-order valence-electron chi connectivity index (χ4n) is 0.422. The van der Waals surface area contributed by atoms with Crippen molar-refractivity contribution in [2.75, 3.05) is 0 Å². The molecule has 0 aliphatic carbocycles. The number of nitrogens with zero attached hydrogens (tertiary/aromatic N) is 2. The molecule has 5 heteroatoms. The molecule has 1 aromatic rings. The van der Waals surface area contributed by atoms with Gasteiger partial charge in [-0.3, -0.25) is 0 Å². The molecule has 0 spiro atoms. The van der Waals surface area contributed by atoms with Crippen LogP contribution in [0.15, 0.2) is 0 Å². The second-order valence-electron chi connectivity index (χ2n) is 1.52. The highest BCUT2D eigenvalue weighted by Crippen LogP contribution is 2.18. The van der Waals surface area contributed by atoms with E-state index in [1.165, 1.54) is 0 Å². The lowest BCUT2D eigenvalue weighted by molar-refractivity contribution is 0.878. The minimum absolute atomic E-state index is 0.708. The first-order valence-electron chi connectivity index (χ1n) is 2.16. The zero-order valence-corrected chi connectivity index (χ0v) is 9.60. The molecule has 0 saturated heterocycles. The monoisotopic (exact) mass is 368 g/mol. The van der Waals surface area contributed by atoms with Crippen LogP contribution in [0.25, 0.3) is 0 Å². The van der Waals surface area contributed by atoms with Crippen molar-refractivity contribution in [1.82, 2.24) is 9.55 Å². The van der Waals surface area contributed by atoms with E-state index < -0.39 is 0 Å². The fraction of sp³-hybridized carbons (Fsp3) is 0.250. The molecular weight excluding hydrogens is 365 g/mol. The van der Waals surface area contributed by atoms with E-state index in [0.29, 0.717) is 5.15 Å². The predicted molar refractivity (Wildman–Crippen MR) is 53.7 cm³/mol. The summed E-state index contributed by atoms with van der Waals surface area (Å²) >= 11 is 10.0. The molecule has 0 aliphatic heterocycles. The first-order valence-corrected chi connectivity index (χ1v) is 4.69. The molecule has 1 rings (SSSR count). The molecule has 0 atom stereocenters. The molecule has 0 bridgehead atoms. The van der Waals surface area contributed by atoms with Crippen molar-refractivity contribution in [3.8, 4) is 0 Å². The first-order chi connectivity index (χ1) is 4.13. The van der Waals surface area contributed by atoms with E-state index in [1.807, 2.05) is 11.6 Å². The van der Waals surface area contributed by atoms with Crippen LogP contribution >= 0.6 is 56.8 Å². The summed E-state index contributed by atoms with van der Waals surface area (Å²) in [6, 6.07) is 0. The average Bonchev–Trinajstić information content (AvgIpc) is 1.98. The standard InChI is InChI=1S/C4H3ClI2N2/c1-9-2(5)3(6)8-4(9)7/h1H3. The van der Waals surface area contributed by atoms with Crippen LogP contribution in [0.4, 0.5) is 0 Å². The molecule has 0 fully saturated rings. The van der Waals surface area contributed by atoms with Crippen molar-refractivity contribution >= 4 is 56.8 Å². The van der Waals surface area contributed by atoms with E-state index in [2.05, 4.69) is 50.2 Å². The van der Waals surface area contributed by atoms with Gasteiger partial charge in [-0.1, -0.05) is 11.6 Å². The van der Waals surface area contributed by atoms with Crippen molar-refractivity contribution in [3.63, 3.8) is 0 Å². The van der Waals surface area contributed by atoms with Crippen LogP contribution in [-0.2, 0) is 7.05 Å². The topological polar surface area (TPSA) is 17.8 Å². The third-order valence-electron chi connectivity index (χ3n) is 0.932. The maximum atomic E-state index is 5.79. The number of imidazole rings is 1. The van der Waals surface area contributed by atoms with Gasteiger partial charge in [-0.15, -0.1) is 0 Å². The molecule has 0 saturated carbocycles. The van der Waals surface area contributed by atoms with Gasteiger partial charge in [-0.2, -0.15) is 0 Å². The van der Waals surface area contributed by atoms with Crippen LogP contribution in [0.5, 0.6) is 0 Å². The Labute approximate surface area is 85.3 Å². The maximum Gasteiger partial charge on any atom is 0.173 e. The summed E-state index contributed by atoms with van der Waals surface area (Å²) in [6.45, 7) is 0. The lowest BCUT2D eigenvalue weighted by Gasteiger charge is -1.90. The minimum atomic E-state index is 0.708. The van der Waals surface area contributed by atoms with Gasteiger partial charge in [0.25, 0.3) is 0 Å². The molecule has 2 nitrogen and oxygen atoms in total. The zero-order valence-electron chi connectivity index (χ0n) is 4.53. The molecule has 0 unspecified atom stereocenters. The molecule has 1 heterocycles. The van der Waals surface area contributed by atoms with Crippen LogP contribution in [0.2, 0.25) is 5.15 Å². The predicted octanol–water partition coefficient (Wildman–Crippen LogP) is 2.28. The van der Waals surface area contributed by atoms with E-state index in [1.54, 1.807) is 0 Å². The van der Waals surface area contributed by atoms with Gasteiger partial charge in [0.2, 0.25) is 0 Å². The number of halogens is 3. The first kappa shape index (κ1) is 8.06. The van der Waals surface area contributed by atoms with Crippen LogP contribution in [0, 0.1) is 7.53 Å². The third kappa shape index (κ3) is 1.51. The molecule has 1 aromatic heterocycles. The van der Waals surface area contributed by atoms with Crippen LogP contribution in [0.3, 0.4) is 0 Å². The Morgan fingerprint density at radius 1 is 1.56 bits per heavy atom. The Hall–Kier alpha value is 0.960. The summed E-state index contributed by atoms with van der Waals surface area (Å²) < 4.78 is 3.62. The third-order valence-corrected chi connectivity index (χ3v) is 3.40. The summed E-state index contributed by atoms with van der Waals surface area (Å²) in [7, 11) is 1.89. The van der Waals surface area contributed by atoms with Crippen LogP contribution in [-0.4, -0.2) is 9.55 Å². The highest BCUT2D eigenvalue weighted by atomic mass is 127. The maximum absolute atomic E-state index is 5.79. The lowest BCUT2D eigenvalue weighted by Crippen LogP contribution is -1.89. The Bertz CT molecular complexity index is 210.